The van der Waals surface area contributed by atoms with E-state index in [1.165, 1.54) is 15.9 Å². The highest BCUT2D eigenvalue weighted by molar-refractivity contribution is 7.82. The Bertz CT molecular complexity index is 1700. The number of carbonyl (C=O) groups is 4. The van der Waals surface area contributed by atoms with E-state index in [0.717, 1.165) is 30.3 Å². The van der Waals surface area contributed by atoms with Gasteiger partial charge >= 0.3 is 22.6 Å². The number of hydrogen-bond acceptors (Lipinski definition) is 10. The first-order chi connectivity index (χ1) is 22.7. The van der Waals surface area contributed by atoms with Gasteiger partial charge in [0.1, 0.15) is 23.3 Å². The molecule has 49 heavy (non-hydrogen) atoms. The smallest absolute Gasteiger partial charge is 0.444 e. The van der Waals surface area contributed by atoms with Crippen LogP contribution < -0.4 is 19.0 Å². The van der Waals surface area contributed by atoms with E-state index < -0.39 is 86.5 Å². The molecule has 4 rings (SSSR count). The zero-order valence-corrected chi connectivity index (χ0v) is 28.8. The highest BCUT2D eigenvalue weighted by Crippen LogP contribution is 2.30. The molecular formula is C32H40F2N4O10S. The average molecular weight is 711 g/mol. The summed E-state index contributed by atoms with van der Waals surface area (Å²) in [7, 11) is -5.17. The maximum absolute atomic E-state index is 15.4. The normalized spacial score (nSPS) is 18.1. The molecule has 2 heterocycles. The Hall–Kier alpha value is -4.67. The lowest BCUT2D eigenvalue weighted by atomic mass is 10.2. The van der Waals surface area contributed by atoms with Gasteiger partial charge in [-0.15, -0.1) is 8.42 Å². The number of nitrogens with zero attached hydrogens (tertiary/aromatic N) is 2. The first kappa shape index (κ1) is 37.2. The minimum atomic E-state index is -5.17. The van der Waals surface area contributed by atoms with E-state index in [2.05, 4.69) is 10.6 Å². The van der Waals surface area contributed by atoms with Crippen LogP contribution in [0, 0.1) is 11.6 Å². The molecule has 0 unspecified atom stereocenters. The zero-order valence-electron chi connectivity index (χ0n) is 28.0. The number of ether oxygens (including phenoxy) is 2. The highest BCUT2D eigenvalue weighted by atomic mass is 32.3. The van der Waals surface area contributed by atoms with Crippen molar-refractivity contribution in [3.05, 3.63) is 48.0 Å². The Morgan fingerprint density at radius 1 is 0.755 bits per heavy atom. The van der Waals surface area contributed by atoms with Crippen LogP contribution in [0.15, 0.2) is 36.4 Å². The van der Waals surface area contributed by atoms with Crippen LogP contribution in [0.3, 0.4) is 0 Å². The number of anilines is 2. The minimum absolute atomic E-state index is 0.0594. The van der Waals surface area contributed by atoms with Crippen LogP contribution >= 0.6 is 0 Å². The molecule has 2 atom stereocenters. The molecule has 2 aromatic carbocycles. The van der Waals surface area contributed by atoms with Gasteiger partial charge in [0.2, 0.25) is 11.8 Å². The van der Waals surface area contributed by atoms with Crippen molar-refractivity contribution >= 4 is 45.8 Å². The van der Waals surface area contributed by atoms with E-state index in [0.29, 0.717) is 25.7 Å². The van der Waals surface area contributed by atoms with Crippen molar-refractivity contribution in [3.63, 3.8) is 0 Å². The molecule has 0 saturated carbocycles. The lowest BCUT2D eigenvalue weighted by molar-refractivity contribution is -0.121. The molecule has 0 aliphatic carbocycles. The Morgan fingerprint density at radius 3 is 1.80 bits per heavy atom. The van der Waals surface area contributed by atoms with Crippen LogP contribution in [0.25, 0.3) is 0 Å². The van der Waals surface area contributed by atoms with Gasteiger partial charge in [0.05, 0.1) is 5.69 Å². The van der Waals surface area contributed by atoms with Crippen LogP contribution in [0.2, 0.25) is 0 Å². The Labute approximate surface area is 283 Å². The predicted octanol–water partition coefficient (Wildman–Crippen LogP) is 5.34. The van der Waals surface area contributed by atoms with Crippen LogP contribution in [0.5, 0.6) is 11.5 Å². The molecule has 2 fully saturated rings. The third-order valence-corrected chi connectivity index (χ3v) is 7.94. The van der Waals surface area contributed by atoms with Crippen LogP contribution in [0.4, 0.5) is 29.7 Å². The molecule has 0 bridgehead atoms. The average Bonchev–Trinajstić information content (AvgIpc) is 3.66. The number of benzene rings is 2. The molecule has 4 amide bonds. The van der Waals surface area contributed by atoms with Gasteiger partial charge in [0, 0.05) is 24.8 Å². The SMILES string of the molecule is CC(C)(C)OC(=O)N1CCC[C@H]1C(=O)Nc1ccc(F)c(OS(=O)(=O)Oc2cccc(NC(=O)[C@@H]3CCCN3C(=O)OC(C)(C)C)c2F)c1. The van der Waals surface area contributed by atoms with Crippen molar-refractivity contribution in [2.75, 3.05) is 23.7 Å². The molecule has 0 spiro atoms. The topological polar surface area (TPSA) is 170 Å². The summed E-state index contributed by atoms with van der Waals surface area (Å²) >= 11 is 0. The fourth-order valence-electron chi connectivity index (χ4n) is 5.15. The first-order valence-corrected chi connectivity index (χ1v) is 16.9. The van der Waals surface area contributed by atoms with Crippen molar-refractivity contribution in [2.45, 2.75) is 90.5 Å². The van der Waals surface area contributed by atoms with Gasteiger partial charge in [-0.2, -0.15) is 0 Å². The van der Waals surface area contributed by atoms with Crippen molar-refractivity contribution in [2.24, 2.45) is 0 Å². The fraction of sp³-hybridized carbons (Fsp3) is 0.500. The van der Waals surface area contributed by atoms with Gasteiger partial charge in [-0.3, -0.25) is 19.4 Å². The minimum Gasteiger partial charge on any atom is -0.444 e. The maximum Gasteiger partial charge on any atom is 0.501 e. The molecule has 14 nitrogen and oxygen atoms in total. The third kappa shape index (κ3) is 9.93. The number of likely N-dealkylation sites (tertiary alicyclic amines) is 2. The number of halogens is 2. The molecule has 0 aromatic heterocycles. The summed E-state index contributed by atoms with van der Waals surface area (Å²) in [5, 5.41) is 4.85. The molecule has 2 aliphatic heterocycles. The zero-order chi connectivity index (χ0) is 36.3. The summed E-state index contributed by atoms with van der Waals surface area (Å²) in [6, 6.07) is 4.31. The Balaban J connectivity index is 1.42. The first-order valence-electron chi connectivity index (χ1n) is 15.6. The number of hydrogen-bond donors (Lipinski definition) is 2. The van der Waals surface area contributed by atoms with Gasteiger partial charge in [-0.1, -0.05) is 6.07 Å². The number of amides is 4. The van der Waals surface area contributed by atoms with Gasteiger partial charge in [-0.05, 0) is 91.5 Å². The highest BCUT2D eigenvalue weighted by Gasteiger charge is 2.38. The lowest BCUT2D eigenvalue weighted by Crippen LogP contribution is -2.45. The molecule has 17 heteroatoms. The van der Waals surface area contributed by atoms with Crippen molar-refractivity contribution in [1.82, 2.24) is 9.80 Å². The fourth-order valence-corrected chi connectivity index (χ4v) is 5.88. The monoisotopic (exact) mass is 710 g/mol. The van der Waals surface area contributed by atoms with Crippen LogP contribution in [0.1, 0.15) is 67.2 Å². The molecule has 268 valence electrons. The second kappa shape index (κ2) is 14.4. The van der Waals surface area contributed by atoms with Crippen molar-refractivity contribution in [1.29, 1.82) is 0 Å². The van der Waals surface area contributed by atoms with Crippen LogP contribution in [-0.4, -0.2) is 78.6 Å². The van der Waals surface area contributed by atoms with Gasteiger partial charge in [0.25, 0.3) is 0 Å². The van der Waals surface area contributed by atoms with E-state index in [1.54, 1.807) is 41.5 Å². The molecule has 0 radical (unpaired) electrons. The number of rotatable bonds is 8. The molecular weight excluding hydrogens is 670 g/mol. The van der Waals surface area contributed by atoms with Crippen LogP contribution in [-0.2, 0) is 29.5 Å². The molecule has 2 N–H and O–H groups in total. The largest absolute Gasteiger partial charge is 0.501 e. The third-order valence-electron chi connectivity index (χ3n) is 7.17. The standard InChI is InChI=1S/C32H40F2N4O10S/c1-31(2,3)45-29(41)37-16-8-11-22(37)27(39)35-19-14-15-20(33)25(18-19)48-49(43,44)47-24-13-7-10-21(26(24)34)36-28(40)23-12-9-17-38(23)30(42)46-32(4,5)6/h7,10,13-15,18,22-23H,8-9,11-12,16-17H2,1-6H3,(H,35,39)(H,36,40)/t22-,23-/m0/s1. The van der Waals surface area contributed by atoms with E-state index in [-0.39, 0.29) is 18.8 Å². The molecule has 2 aromatic rings. The summed E-state index contributed by atoms with van der Waals surface area (Å²) in [5.74, 6) is -5.52. The van der Waals surface area contributed by atoms with E-state index in [9.17, 15) is 32.0 Å². The quantitative estimate of drug-likeness (QED) is 0.365. The van der Waals surface area contributed by atoms with Gasteiger partial charge < -0.3 is 28.5 Å². The maximum atomic E-state index is 15.4. The Kier molecular flexibility index (Phi) is 10.9. The van der Waals surface area contributed by atoms with Crippen molar-refractivity contribution in [3.8, 4) is 11.5 Å². The summed E-state index contributed by atoms with van der Waals surface area (Å²) in [6.07, 6.45) is 0.295. The van der Waals surface area contributed by atoms with E-state index in [4.69, 9.17) is 17.8 Å². The summed E-state index contributed by atoms with van der Waals surface area (Å²) in [6.45, 7) is 10.6. The molecule has 2 aliphatic rings. The summed E-state index contributed by atoms with van der Waals surface area (Å²) in [5.41, 5.74) is -2.09. The van der Waals surface area contributed by atoms with E-state index in [1.807, 2.05) is 0 Å². The number of nitrogens with one attached hydrogen (secondary N) is 2. The second-order valence-electron chi connectivity index (χ2n) is 13.5. The van der Waals surface area contributed by atoms with Gasteiger partial charge in [-0.25, -0.2) is 18.4 Å². The van der Waals surface area contributed by atoms with Gasteiger partial charge in [0.15, 0.2) is 23.1 Å². The lowest BCUT2D eigenvalue weighted by Gasteiger charge is -2.28. The van der Waals surface area contributed by atoms with Crippen molar-refractivity contribution < 1.29 is 54.2 Å². The summed E-state index contributed by atoms with van der Waals surface area (Å²) < 4.78 is 75.7. The predicted molar refractivity (Wildman–Crippen MR) is 172 cm³/mol. The molecule has 2 saturated heterocycles. The number of carbonyl (C=O) groups excluding carboxylic acids is 4. The Morgan fingerprint density at radius 2 is 1.27 bits per heavy atom. The van der Waals surface area contributed by atoms with E-state index >= 15 is 4.39 Å². The second-order valence-corrected chi connectivity index (χ2v) is 14.6. The summed E-state index contributed by atoms with van der Waals surface area (Å²) in [4.78, 5) is 53.7.